The lowest BCUT2D eigenvalue weighted by Gasteiger charge is -2.14. The summed E-state index contributed by atoms with van der Waals surface area (Å²) in [6, 6.07) is 5.76. The van der Waals surface area contributed by atoms with E-state index >= 15 is 0 Å². The van der Waals surface area contributed by atoms with E-state index in [1.54, 1.807) is 0 Å². The Kier molecular flexibility index (Phi) is 4.39. The number of ether oxygens (including phenoxy) is 1. The zero-order valence-corrected chi connectivity index (χ0v) is 10.0. The molecule has 3 nitrogen and oxygen atoms in total. The zero-order chi connectivity index (χ0) is 11.4. The Bertz CT molecular complexity index is 328. The van der Waals surface area contributed by atoms with E-state index in [0.717, 1.165) is 5.56 Å². The second-order valence-corrected chi connectivity index (χ2v) is 4.15. The molecule has 1 rings (SSSR count). The Hall–Kier alpha value is -0.770. The number of rotatable bonds is 4. The summed E-state index contributed by atoms with van der Waals surface area (Å²) in [5, 5.41) is 0.614. The minimum atomic E-state index is 0.0793. The fourth-order valence-electron chi connectivity index (χ4n) is 1.23. The molecule has 4 heteroatoms. The van der Waals surface area contributed by atoms with E-state index in [-0.39, 0.29) is 12.1 Å². The van der Waals surface area contributed by atoms with Crippen molar-refractivity contribution < 1.29 is 4.74 Å². The van der Waals surface area contributed by atoms with Gasteiger partial charge in [0.15, 0.2) is 0 Å². The number of hydrogen-bond donors (Lipinski definition) is 2. The summed E-state index contributed by atoms with van der Waals surface area (Å²) < 4.78 is 5.53. The topological polar surface area (TPSA) is 47.3 Å². The van der Waals surface area contributed by atoms with E-state index in [4.69, 9.17) is 22.2 Å². The van der Waals surface area contributed by atoms with Gasteiger partial charge < -0.3 is 4.74 Å². The number of nitrogens with two attached hydrogens (primary N) is 1. The summed E-state index contributed by atoms with van der Waals surface area (Å²) in [5.74, 6) is 6.06. The van der Waals surface area contributed by atoms with Gasteiger partial charge in [-0.25, -0.2) is 0 Å². The number of halogens is 1. The van der Waals surface area contributed by atoms with E-state index < -0.39 is 0 Å². The first-order valence-electron chi connectivity index (χ1n) is 4.96. The van der Waals surface area contributed by atoms with Gasteiger partial charge in [-0.3, -0.25) is 11.3 Å². The van der Waals surface area contributed by atoms with Crippen molar-refractivity contribution >= 4 is 11.6 Å². The van der Waals surface area contributed by atoms with Crippen LogP contribution in [0.4, 0.5) is 0 Å². The minimum absolute atomic E-state index is 0.0793. The standard InChI is InChI=1S/C11H17ClN2O/c1-7(2)15-11-5-4-9(6-10(11)12)8(3)14-13/h4-8,14H,13H2,1-3H3. The Morgan fingerprint density at radius 2 is 2.00 bits per heavy atom. The highest BCUT2D eigenvalue weighted by Gasteiger charge is 2.08. The first-order valence-corrected chi connectivity index (χ1v) is 5.34. The van der Waals surface area contributed by atoms with E-state index in [1.807, 2.05) is 39.0 Å². The summed E-state index contributed by atoms with van der Waals surface area (Å²) in [6.45, 7) is 5.90. The van der Waals surface area contributed by atoms with Gasteiger partial charge >= 0.3 is 0 Å². The van der Waals surface area contributed by atoms with E-state index in [1.165, 1.54) is 0 Å². The molecule has 0 radical (unpaired) electrons. The minimum Gasteiger partial charge on any atom is -0.489 e. The monoisotopic (exact) mass is 228 g/mol. The van der Waals surface area contributed by atoms with Crippen molar-refractivity contribution in [3.63, 3.8) is 0 Å². The number of nitrogens with one attached hydrogen (secondary N) is 1. The van der Waals surface area contributed by atoms with Crippen LogP contribution in [-0.2, 0) is 0 Å². The normalized spacial score (nSPS) is 12.9. The average molecular weight is 229 g/mol. The molecule has 0 heterocycles. The second-order valence-electron chi connectivity index (χ2n) is 3.74. The lowest BCUT2D eigenvalue weighted by atomic mass is 10.1. The summed E-state index contributed by atoms with van der Waals surface area (Å²) in [7, 11) is 0. The molecule has 3 N–H and O–H groups in total. The Morgan fingerprint density at radius 3 is 2.47 bits per heavy atom. The van der Waals surface area contributed by atoms with Gasteiger partial charge in [0.2, 0.25) is 0 Å². The molecule has 0 saturated carbocycles. The first-order chi connectivity index (χ1) is 7.04. The molecule has 1 atom stereocenters. The molecule has 0 aliphatic carbocycles. The zero-order valence-electron chi connectivity index (χ0n) is 9.25. The van der Waals surface area contributed by atoms with E-state index in [9.17, 15) is 0 Å². The molecule has 84 valence electrons. The van der Waals surface area contributed by atoms with Crippen LogP contribution in [0.3, 0.4) is 0 Å². The van der Waals surface area contributed by atoms with Crippen LogP contribution < -0.4 is 16.0 Å². The highest BCUT2D eigenvalue weighted by atomic mass is 35.5. The smallest absolute Gasteiger partial charge is 0.138 e. The molecule has 0 aliphatic rings. The summed E-state index contributed by atoms with van der Waals surface area (Å²) >= 11 is 6.08. The van der Waals surface area contributed by atoms with Crippen LogP contribution in [0.2, 0.25) is 5.02 Å². The van der Waals surface area contributed by atoms with Gasteiger partial charge in [0, 0.05) is 6.04 Å². The van der Waals surface area contributed by atoms with Crippen molar-refractivity contribution in [3.05, 3.63) is 28.8 Å². The van der Waals surface area contributed by atoms with Gasteiger partial charge in [-0.1, -0.05) is 17.7 Å². The van der Waals surface area contributed by atoms with Crippen molar-refractivity contribution in [1.29, 1.82) is 0 Å². The highest BCUT2D eigenvalue weighted by molar-refractivity contribution is 6.32. The molecule has 1 unspecified atom stereocenters. The molecule has 1 aromatic rings. The molecule has 0 spiro atoms. The maximum Gasteiger partial charge on any atom is 0.138 e. The van der Waals surface area contributed by atoms with Crippen molar-refractivity contribution in [2.24, 2.45) is 5.84 Å². The Morgan fingerprint density at radius 1 is 1.33 bits per heavy atom. The molecule has 0 aromatic heterocycles. The molecule has 0 amide bonds. The molecule has 1 aromatic carbocycles. The maximum atomic E-state index is 6.08. The third-order valence-corrected chi connectivity index (χ3v) is 2.36. The fourth-order valence-corrected chi connectivity index (χ4v) is 1.47. The lowest BCUT2D eigenvalue weighted by Crippen LogP contribution is -2.25. The second kappa shape index (κ2) is 5.35. The third kappa shape index (κ3) is 3.38. The van der Waals surface area contributed by atoms with Crippen LogP contribution in [0.15, 0.2) is 18.2 Å². The number of benzene rings is 1. The van der Waals surface area contributed by atoms with Gasteiger partial charge in [0.25, 0.3) is 0 Å². The third-order valence-electron chi connectivity index (χ3n) is 2.07. The Balaban J connectivity index is 2.88. The Labute approximate surface area is 95.5 Å². The van der Waals surface area contributed by atoms with Crippen LogP contribution in [-0.4, -0.2) is 6.10 Å². The summed E-state index contributed by atoms with van der Waals surface area (Å²) in [6.07, 6.45) is 0.124. The van der Waals surface area contributed by atoms with Crippen molar-refractivity contribution in [3.8, 4) is 5.75 Å². The maximum absolute atomic E-state index is 6.08. The van der Waals surface area contributed by atoms with Gasteiger partial charge in [0.05, 0.1) is 11.1 Å². The summed E-state index contributed by atoms with van der Waals surface area (Å²) in [5.41, 5.74) is 3.71. The average Bonchev–Trinajstić information content (AvgIpc) is 2.19. The molecule has 0 aliphatic heterocycles. The molecular formula is C11H17ClN2O. The van der Waals surface area contributed by atoms with Gasteiger partial charge in [-0.15, -0.1) is 0 Å². The van der Waals surface area contributed by atoms with Gasteiger partial charge in [-0.2, -0.15) is 0 Å². The predicted molar refractivity (Wildman–Crippen MR) is 63.0 cm³/mol. The summed E-state index contributed by atoms with van der Waals surface area (Å²) in [4.78, 5) is 0. The van der Waals surface area contributed by atoms with Crippen LogP contribution in [0.5, 0.6) is 5.75 Å². The molecule has 0 fully saturated rings. The molecule has 15 heavy (non-hydrogen) atoms. The fraction of sp³-hybridized carbons (Fsp3) is 0.455. The van der Waals surface area contributed by atoms with Crippen molar-refractivity contribution in [2.75, 3.05) is 0 Å². The van der Waals surface area contributed by atoms with Crippen LogP contribution >= 0.6 is 11.6 Å². The predicted octanol–water partition coefficient (Wildman–Crippen LogP) is 2.65. The van der Waals surface area contributed by atoms with Crippen LogP contribution in [0.25, 0.3) is 0 Å². The van der Waals surface area contributed by atoms with Gasteiger partial charge in [-0.05, 0) is 38.5 Å². The van der Waals surface area contributed by atoms with Crippen molar-refractivity contribution in [2.45, 2.75) is 32.9 Å². The van der Waals surface area contributed by atoms with E-state index in [0.29, 0.717) is 10.8 Å². The van der Waals surface area contributed by atoms with Crippen LogP contribution in [0.1, 0.15) is 32.4 Å². The number of hydrazine groups is 1. The first kappa shape index (κ1) is 12.3. The van der Waals surface area contributed by atoms with Crippen LogP contribution in [0, 0.1) is 0 Å². The van der Waals surface area contributed by atoms with E-state index in [2.05, 4.69) is 5.43 Å². The van der Waals surface area contributed by atoms with Gasteiger partial charge in [0.1, 0.15) is 5.75 Å². The SMILES string of the molecule is CC(C)Oc1ccc(C(C)NN)cc1Cl. The largest absolute Gasteiger partial charge is 0.489 e. The highest BCUT2D eigenvalue weighted by Crippen LogP contribution is 2.28. The lowest BCUT2D eigenvalue weighted by molar-refractivity contribution is 0.242. The van der Waals surface area contributed by atoms with Crippen molar-refractivity contribution in [1.82, 2.24) is 5.43 Å². The quantitative estimate of drug-likeness (QED) is 0.615. The number of hydrogen-bond acceptors (Lipinski definition) is 3. The molecular weight excluding hydrogens is 212 g/mol. The molecule has 0 saturated heterocycles. The molecule has 0 bridgehead atoms.